The number of fused-ring (bicyclic) bond motifs is 1. The highest BCUT2D eigenvalue weighted by Crippen LogP contribution is 2.24. The lowest BCUT2D eigenvalue weighted by Crippen LogP contribution is -2.54. The third-order valence-corrected chi connectivity index (χ3v) is 4.24. The zero-order valence-electron chi connectivity index (χ0n) is 10.7. The molecule has 1 aromatic carbocycles. The first kappa shape index (κ1) is 11.2. The normalized spacial score (nSPS) is 29.9. The smallest absolute Gasteiger partial charge is 0.0167 e. The van der Waals surface area contributed by atoms with Crippen molar-refractivity contribution in [2.75, 3.05) is 19.6 Å². The van der Waals surface area contributed by atoms with Crippen molar-refractivity contribution in [1.29, 1.82) is 0 Å². The van der Waals surface area contributed by atoms with Gasteiger partial charge in [0.2, 0.25) is 0 Å². The summed E-state index contributed by atoms with van der Waals surface area (Å²) in [6.45, 7) is 5.88. The summed E-state index contributed by atoms with van der Waals surface area (Å²) in [7, 11) is 0. The van der Waals surface area contributed by atoms with Crippen LogP contribution < -0.4 is 5.32 Å². The molecule has 0 amide bonds. The molecule has 2 heteroatoms. The Morgan fingerprint density at radius 1 is 1.24 bits per heavy atom. The summed E-state index contributed by atoms with van der Waals surface area (Å²) < 4.78 is 0. The number of nitrogens with zero attached hydrogens (tertiary/aromatic N) is 1. The molecule has 1 aromatic rings. The van der Waals surface area contributed by atoms with Crippen LogP contribution in [0, 0.1) is 0 Å². The van der Waals surface area contributed by atoms with Crippen molar-refractivity contribution < 1.29 is 0 Å². The van der Waals surface area contributed by atoms with E-state index in [2.05, 4.69) is 41.4 Å². The molecule has 1 fully saturated rings. The Balaban J connectivity index is 1.71. The molecule has 2 nitrogen and oxygen atoms in total. The Hall–Kier alpha value is -0.860. The van der Waals surface area contributed by atoms with Gasteiger partial charge in [0.15, 0.2) is 0 Å². The molecule has 0 bridgehead atoms. The van der Waals surface area contributed by atoms with Crippen molar-refractivity contribution in [3.8, 4) is 0 Å². The van der Waals surface area contributed by atoms with E-state index < -0.39 is 0 Å². The summed E-state index contributed by atoms with van der Waals surface area (Å²) in [6.07, 6.45) is 3.85. The molecule has 2 aliphatic rings. The lowest BCUT2D eigenvalue weighted by Gasteiger charge is -2.40. The van der Waals surface area contributed by atoms with Crippen LogP contribution in [0.3, 0.4) is 0 Å². The van der Waals surface area contributed by atoms with Gasteiger partial charge in [0.25, 0.3) is 0 Å². The summed E-state index contributed by atoms with van der Waals surface area (Å²) in [5.74, 6) is 0. The van der Waals surface area contributed by atoms with E-state index >= 15 is 0 Å². The molecular weight excluding hydrogens is 208 g/mol. The van der Waals surface area contributed by atoms with Crippen LogP contribution in [0.15, 0.2) is 24.3 Å². The molecule has 1 aliphatic carbocycles. The fourth-order valence-electron chi connectivity index (χ4n) is 3.28. The number of benzene rings is 1. The van der Waals surface area contributed by atoms with Gasteiger partial charge in [-0.2, -0.15) is 0 Å². The van der Waals surface area contributed by atoms with Crippen molar-refractivity contribution in [2.45, 2.75) is 38.3 Å². The maximum absolute atomic E-state index is 3.53. The zero-order valence-corrected chi connectivity index (χ0v) is 10.7. The van der Waals surface area contributed by atoms with E-state index in [9.17, 15) is 0 Å². The first-order chi connectivity index (χ1) is 8.33. The van der Waals surface area contributed by atoms with Gasteiger partial charge in [-0.15, -0.1) is 0 Å². The third kappa shape index (κ3) is 2.38. The molecule has 0 saturated carbocycles. The van der Waals surface area contributed by atoms with E-state index in [4.69, 9.17) is 0 Å². The summed E-state index contributed by atoms with van der Waals surface area (Å²) in [6, 6.07) is 10.4. The Morgan fingerprint density at radius 2 is 2.06 bits per heavy atom. The lowest BCUT2D eigenvalue weighted by atomic mass is 9.87. The van der Waals surface area contributed by atoms with Crippen molar-refractivity contribution in [3.63, 3.8) is 0 Å². The molecule has 17 heavy (non-hydrogen) atoms. The Labute approximate surface area is 104 Å². The monoisotopic (exact) mass is 230 g/mol. The average molecular weight is 230 g/mol. The van der Waals surface area contributed by atoms with Crippen LogP contribution in [0.4, 0.5) is 0 Å². The molecule has 0 radical (unpaired) electrons. The van der Waals surface area contributed by atoms with Gasteiger partial charge < -0.3 is 5.32 Å². The molecule has 0 spiro atoms. The molecule has 1 heterocycles. The minimum absolute atomic E-state index is 0.654. The highest BCUT2D eigenvalue weighted by molar-refractivity contribution is 5.30. The van der Waals surface area contributed by atoms with Gasteiger partial charge in [-0.05, 0) is 37.3 Å². The van der Waals surface area contributed by atoms with Gasteiger partial charge in [0, 0.05) is 31.7 Å². The first-order valence-corrected chi connectivity index (χ1v) is 6.87. The summed E-state index contributed by atoms with van der Waals surface area (Å²) >= 11 is 0. The van der Waals surface area contributed by atoms with Crippen LogP contribution >= 0.6 is 0 Å². The van der Waals surface area contributed by atoms with Crippen LogP contribution in [0.5, 0.6) is 0 Å². The molecular formula is C15H22N2. The average Bonchev–Trinajstić information content (AvgIpc) is 2.38. The second kappa shape index (κ2) is 4.79. The van der Waals surface area contributed by atoms with Crippen LogP contribution in [0.2, 0.25) is 0 Å². The topological polar surface area (TPSA) is 15.3 Å². The van der Waals surface area contributed by atoms with E-state index in [1.807, 2.05) is 0 Å². The standard InChI is InChI=1S/C15H22N2/c1-12-11-17(9-8-16-12)15-7-6-13-4-2-3-5-14(13)10-15/h2-5,12,15-16H,6-11H2,1H3. The second-order valence-corrected chi connectivity index (χ2v) is 5.52. The van der Waals surface area contributed by atoms with Crippen LogP contribution in [-0.2, 0) is 12.8 Å². The number of hydrogen-bond acceptors (Lipinski definition) is 2. The number of hydrogen-bond donors (Lipinski definition) is 1. The van der Waals surface area contributed by atoms with E-state index in [1.165, 1.54) is 32.4 Å². The molecule has 1 N–H and O–H groups in total. The molecule has 3 rings (SSSR count). The fraction of sp³-hybridized carbons (Fsp3) is 0.600. The Morgan fingerprint density at radius 3 is 2.88 bits per heavy atom. The van der Waals surface area contributed by atoms with Gasteiger partial charge in [-0.3, -0.25) is 4.90 Å². The highest BCUT2D eigenvalue weighted by Gasteiger charge is 2.26. The molecule has 2 atom stereocenters. The van der Waals surface area contributed by atoms with Crippen molar-refractivity contribution in [1.82, 2.24) is 10.2 Å². The van der Waals surface area contributed by atoms with E-state index in [-0.39, 0.29) is 0 Å². The van der Waals surface area contributed by atoms with Crippen LogP contribution in [0.25, 0.3) is 0 Å². The Bertz CT molecular complexity index is 388. The number of aryl methyl sites for hydroxylation is 1. The zero-order chi connectivity index (χ0) is 11.7. The maximum Gasteiger partial charge on any atom is 0.0167 e. The minimum Gasteiger partial charge on any atom is -0.312 e. The summed E-state index contributed by atoms with van der Waals surface area (Å²) in [5, 5.41) is 3.53. The highest BCUT2D eigenvalue weighted by atomic mass is 15.2. The number of rotatable bonds is 1. The van der Waals surface area contributed by atoms with Crippen LogP contribution in [-0.4, -0.2) is 36.6 Å². The Kier molecular flexibility index (Phi) is 3.17. The van der Waals surface area contributed by atoms with E-state index in [1.54, 1.807) is 11.1 Å². The van der Waals surface area contributed by atoms with Crippen molar-refractivity contribution in [2.24, 2.45) is 0 Å². The van der Waals surface area contributed by atoms with E-state index in [0.29, 0.717) is 6.04 Å². The SMILES string of the molecule is CC1CN(C2CCc3ccccc3C2)CCN1. The molecule has 0 aromatic heterocycles. The lowest BCUT2D eigenvalue weighted by molar-refractivity contribution is 0.137. The minimum atomic E-state index is 0.654. The largest absolute Gasteiger partial charge is 0.312 e. The fourth-order valence-corrected chi connectivity index (χ4v) is 3.28. The van der Waals surface area contributed by atoms with Gasteiger partial charge in [0.1, 0.15) is 0 Å². The molecule has 1 aliphatic heterocycles. The summed E-state index contributed by atoms with van der Waals surface area (Å²) in [5.41, 5.74) is 3.15. The predicted octanol–water partition coefficient (Wildman–Crippen LogP) is 1.84. The van der Waals surface area contributed by atoms with E-state index in [0.717, 1.165) is 12.6 Å². The van der Waals surface area contributed by atoms with Crippen LogP contribution in [0.1, 0.15) is 24.5 Å². The predicted molar refractivity (Wildman–Crippen MR) is 71.3 cm³/mol. The molecule has 1 saturated heterocycles. The maximum atomic E-state index is 3.53. The second-order valence-electron chi connectivity index (χ2n) is 5.52. The molecule has 2 unspecified atom stereocenters. The first-order valence-electron chi connectivity index (χ1n) is 6.87. The molecule has 92 valence electrons. The van der Waals surface area contributed by atoms with Gasteiger partial charge in [-0.25, -0.2) is 0 Å². The summed E-state index contributed by atoms with van der Waals surface area (Å²) in [4.78, 5) is 2.69. The van der Waals surface area contributed by atoms with Crippen molar-refractivity contribution >= 4 is 0 Å². The van der Waals surface area contributed by atoms with Gasteiger partial charge >= 0.3 is 0 Å². The third-order valence-electron chi connectivity index (χ3n) is 4.24. The quantitative estimate of drug-likeness (QED) is 0.792. The number of piperazine rings is 1. The number of nitrogens with one attached hydrogen (secondary N) is 1. The van der Waals surface area contributed by atoms with Gasteiger partial charge in [-0.1, -0.05) is 24.3 Å². The van der Waals surface area contributed by atoms with Crippen molar-refractivity contribution in [3.05, 3.63) is 35.4 Å². The van der Waals surface area contributed by atoms with Gasteiger partial charge in [0.05, 0.1) is 0 Å².